The number of nitrogens with zero attached hydrogens (tertiary/aromatic N) is 1. The predicted molar refractivity (Wildman–Crippen MR) is 109 cm³/mol. The first-order valence-corrected chi connectivity index (χ1v) is 9.57. The van der Waals surface area contributed by atoms with Gasteiger partial charge in [-0.1, -0.05) is 30.3 Å². The Hall–Kier alpha value is -2.69. The van der Waals surface area contributed by atoms with E-state index in [0.29, 0.717) is 12.3 Å². The lowest BCUT2D eigenvalue weighted by Crippen LogP contribution is -2.45. The second-order valence-electron chi connectivity index (χ2n) is 7.48. The van der Waals surface area contributed by atoms with Crippen LogP contribution in [0.5, 0.6) is 11.5 Å². The highest BCUT2D eigenvalue weighted by molar-refractivity contribution is 5.80. The van der Waals surface area contributed by atoms with E-state index in [2.05, 4.69) is 37.5 Å². The fraction of sp³-hybridized carbons (Fsp3) is 0.409. The van der Waals surface area contributed by atoms with E-state index < -0.39 is 0 Å². The Kier molecular flexibility index (Phi) is 5.89. The Morgan fingerprint density at radius 2 is 2.04 bits per heavy atom. The lowest BCUT2D eigenvalue weighted by atomic mass is 9.90. The van der Waals surface area contributed by atoms with E-state index >= 15 is 0 Å². The lowest BCUT2D eigenvalue weighted by molar-refractivity contribution is 0.0694. The molecule has 27 heavy (non-hydrogen) atoms. The van der Waals surface area contributed by atoms with Crippen molar-refractivity contribution in [3.63, 3.8) is 0 Å². The summed E-state index contributed by atoms with van der Waals surface area (Å²) in [7, 11) is 0. The Morgan fingerprint density at radius 3 is 2.81 bits per heavy atom. The number of nitrogens with one attached hydrogen (secondary N) is 2. The zero-order valence-electron chi connectivity index (χ0n) is 16.3. The van der Waals surface area contributed by atoms with Gasteiger partial charge in [0.25, 0.3) is 0 Å². The molecule has 1 heterocycles. The van der Waals surface area contributed by atoms with Gasteiger partial charge in [0.2, 0.25) is 0 Å². The summed E-state index contributed by atoms with van der Waals surface area (Å²) in [5.74, 6) is 2.03. The fourth-order valence-corrected chi connectivity index (χ4v) is 3.42. The number of para-hydroxylation sites is 1. The van der Waals surface area contributed by atoms with Gasteiger partial charge in [-0.15, -0.1) is 0 Å². The molecule has 5 nitrogen and oxygen atoms in total. The van der Waals surface area contributed by atoms with Crippen LogP contribution in [0.3, 0.4) is 0 Å². The number of hydrogen-bond acceptors (Lipinski definition) is 3. The number of fused-ring (bicyclic) bond motifs is 1. The van der Waals surface area contributed by atoms with Gasteiger partial charge >= 0.3 is 0 Å². The van der Waals surface area contributed by atoms with Crippen LogP contribution in [0.2, 0.25) is 0 Å². The minimum absolute atomic E-state index is 0.142. The van der Waals surface area contributed by atoms with E-state index in [1.54, 1.807) is 12.1 Å². The molecule has 0 amide bonds. The molecule has 0 radical (unpaired) electrons. The van der Waals surface area contributed by atoms with E-state index in [4.69, 9.17) is 9.73 Å². The van der Waals surface area contributed by atoms with Gasteiger partial charge in [-0.3, -0.25) is 4.99 Å². The van der Waals surface area contributed by atoms with Crippen LogP contribution in [0.25, 0.3) is 0 Å². The summed E-state index contributed by atoms with van der Waals surface area (Å²) in [5.41, 5.74) is 2.01. The van der Waals surface area contributed by atoms with Gasteiger partial charge in [-0.25, -0.2) is 0 Å². The molecule has 0 bridgehead atoms. The van der Waals surface area contributed by atoms with Crippen molar-refractivity contribution in [1.82, 2.24) is 10.6 Å². The molecule has 2 aromatic rings. The SMILES string of the molecule is CCNC(=NCCc1cccc(O)c1)NC1CC(C)(C)Oc2ccccc21. The van der Waals surface area contributed by atoms with Gasteiger partial charge < -0.3 is 20.5 Å². The number of phenolic OH excluding ortho intramolecular Hbond substituents is 1. The van der Waals surface area contributed by atoms with E-state index in [0.717, 1.165) is 42.2 Å². The molecule has 3 N–H and O–H groups in total. The van der Waals surface area contributed by atoms with Crippen LogP contribution < -0.4 is 15.4 Å². The monoisotopic (exact) mass is 367 g/mol. The van der Waals surface area contributed by atoms with Crippen molar-refractivity contribution in [3.8, 4) is 11.5 Å². The molecule has 1 atom stereocenters. The molecule has 1 aliphatic heterocycles. The maximum absolute atomic E-state index is 9.59. The van der Waals surface area contributed by atoms with E-state index in [9.17, 15) is 5.11 Å². The summed E-state index contributed by atoms with van der Waals surface area (Å²) in [6.07, 6.45) is 1.64. The van der Waals surface area contributed by atoms with Crippen LogP contribution >= 0.6 is 0 Å². The van der Waals surface area contributed by atoms with E-state index in [1.165, 1.54) is 0 Å². The highest BCUT2D eigenvalue weighted by Gasteiger charge is 2.33. The van der Waals surface area contributed by atoms with Gasteiger partial charge in [0, 0.05) is 25.1 Å². The first kappa shape index (κ1) is 19.1. The summed E-state index contributed by atoms with van der Waals surface area (Å²) in [4.78, 5) is 4.73. The third-order valence-corrected chi connectivity index (χ3v) is 4.61. The predicted octanol–water partition coefficient (Wildman–Crippen LogP) is 3.79. The molecule has 144 valence electrons. The number of ether oxygens (including phenoxy) is 1. The van der Waals surface area contributed by atoms with Crippen molar-refractivity contribution in [2.75, 3.05) is 13.1 Å². The minimum Gasteiger partial charge on any atom is -0.508 e. The standard InChI is InChI=1S/C22H29N3O2/c1-4-23-21(24-13-12-16-8-7-9-17(26)14-16)25-19-15-22(2,3)27-20-11-6-5-10-18(19)20/h5-11,14,19,26H,4,12-13,15H2,1-3H3,(H2,23,24,25). The van der Waals surface area contributed by atoms with Crippen LogP contribution in [0.15, 0.2) is 53.5 Å². The summed E-state index contributed by atoms with van der Waals surface area (Å²) in [6.45, 7) is 7.74. The maximum Gasteiger partial charge on any atom is 0.191 e. The third-order valence-electron chi connectivity index (χ3n) is 4.61. The summed E-state index contributed by atoms with van der Waals surface area (Å²) in [5, 5.41) is 16.5. The van der Waals surface area contributed by atoms with Crippen LogP contribution in [-0.2, 0) is 6.42 Å². The van der Waals surface area contributed by atoms with Crippen molar-refractivity contribution in [1.29, 1.82) is 0 Å². The van der Waals surface area contributed by atoms with Crippen molar-refractivity contribution in [2.45, 2.75) is 45.3 Å². The summed E-state index contributed by atoms with van der Waals surface area (Å²) >= 11 is 0. The number of aromatic hydroxyl groups is 1. The zero-order valence-corrected chi connectivity index (χ0v) is 16.3. The number of phenols is 1. The Balaban J connectivity index is 1.72. The van der Waals surface area contributed by atoms with Gasteiger partial charge in [0.15, 0.2) is 5.96 Å². The molecule has 5 heteroatoms. The zero-order chi connectivity index (χ0) is 19.3. The van der Waals surface area contributed by atoms with Crippen LogP contribution in [0.1, 0.15) is 44.4 Å². The van der Waals surface area contributed by atoms with Gasteiger partial charge in [0.05, 0.1) is 6.04 Å². The Bertz CT molecular complexity index is 802. The first-order valence-electron chi connectivity index (χ1n) is 9.57. The molecule has 0 aliphatic carbocycles. The normalized spacial score (nSPS) is 18.3. The average molecular weight is 367 g/mol. The number of hydrogen-bond donors (Lipinski definition) is 3. The molecule has 0 aromatic heterocycles. The topological polar surface area (TPSA) is 65.9 Å². The fourth-order valence-electron chi connectivity index (χ4n) is 3.42. The van der Waals surface area contributed by atoms with Gasteiger partial charge in [-0.05, 0) is 51.0 Å². The maximum atomic E-state index is 9.59. The number of aliphatic imine (C=N–C) groups is 1. The molecule has 1 aliphatic rings. The number of benzene rings is 2. The van der Waals surface area contributed by atoms with E-state index in [1.807, 2.05) is 30.3 Å². The van der Waals surface area contributed by atoms with Crippen molar-refractivity contribution < 1.29 is 9.84 Å². The molecular weight excluding hydrogens is 338 g/mol. The average Bonchev–Trinajstić information content (AvgIpc) is 2.61. The third kappa shape index (κ3) is 5.16. The van der Waals surface area contributed by atoms with Crippen molar-refractivity contribution >= 4 is 5.96 Å². The molecular formula is C22H29N3O2. The summed E-state index contributed by atoms with van der Waals surface area (Å²) in [6, 6.07) is 15.7. The van der Waals surface area contributed by atoms with Gasteiger partial charge in [0.1, 0.15) is 17.1 Å². The molecule has 0 saturated heterocycles. The smallest absolute Gasteiger partial charge is 0.191 e. The number of rotatable bonds is 5. The molecule has 2 aromatic carbocycles. The van der Waals surface area contributed by atoms with Crippen LogP contribution in [0, 0.1) is 0 Å². The Labute approximate surface area is 161 Å². The number of guanidine groups is 1. The van der Waals surface area contributed by atoms with Crippen molar-refractivity contribution in [3.05, 3.63) is 59.7 Å². The summed E-state index contributed by atoms with van der Waals surface area (Å²) < 4.78 is 6.12. The highest BCUT2D eigenvalue weighted by atomic mass is 16.5. The lowest BCUT2D eigenvalue weighted by Gasteiger charge is -2.38. The largest absolute Gasteiger partial charge is 0.508 e. The molecule has 1 unspecified atom stereocenters. The Morgan fingerprint density at radius 1 is 1.22 bits per heavy atom. The molecule has 0 saturated carbocycles. The molecule has 0 fully saturated rings. The second-order valence-corrected chi connectivity index (χ2v) is 7.48. The van der Waals surface area contributed by atoms with E-state index in [-0.39, 0.29) is 11.6 Å². The highest BCUT2D eigenvalue weighted by Crippen LogP contribution is 2.39. The minimum atomic E-state index is -0.231. The molecule has 0 spiro atoms. The molecule has 3 rings (SSSR count). The van der Waals surface area contributed by atoms with Gasteiger partial charge in [-0.2, -0.15) is 0 Å². The second kappa shape index (κ2) is 8.33. The van der Waals surface area contributed by atoms with Crippen LogP contribution in [0.4, 0.5) is 0 Å². The van der Waals surface area contributed by atoms with Crippen LogP contribution in [-0.4, -0.2) is 29.8 Å². The first-order chi connectivity index (χ1) is 13.0. The quantitative estimate of drug-likeness (QED) is 0.556. The van der Waals surface area contributed by atoms with Crippen molar-refractivity contribution in [2.24, 2.45) is 4.99 Å².